The monoisotopic (exact) mass is 158 g/mol. The molecule has 0 radical (unpaired) electrons. The molecule has 0 spiro atoms. The van der Waals surface area contributed by atoms with Gasteiger partial charge in [0.2, 0.25) is 0 Å². The van der Waals surface area contributed by atoms with E-state index < -0.39 is 0 Å². The fourth-order valence-electron chi connectivity index (χ4n) is 1.87. The van der Waals surface area contributed by atoms with Crippen LogP contribution in [0.5, 0.6) is 0 Å². The van der Waals surface area contributed by atoms with Crippen molar-refractivity contribution in [3.05, 3.63) is 0 Å². The standard InChI is InChI=1S/C9H19P/c1-7(2)8-4-3-5-9(10)6-8/h7-9H,3-6,10H2,1-2H3. The van der Waals surface area contributed by atoms with Crippen molar-refractivity contribution in [2.75, 3.05) is 0 Å². The molecule has 1 aliphatic rings. The lowest BCUT2D eigenvalue weighted by molar-refractivity contribution is 0.284. The summed E-state index contributed by atoms with van der Waals surface area (Å²) in [6.07, 6.45) is 5.82. The first-order valence-electron chi connectivity index (χ1n) is 4.45. The van der Waals surface area contributed by atoms with Gasteiger partial charge in [-0.3, -0.25) is 0 Å². The van der Waals surface area contributed by atoms with Crippen LogP contribution in [0.4, 0.5) is 0 Å². The predicted octanol–water partition coefficient (Wildman–Crippen LogP) is 3.08. The van der Waals surface area contributed by atoms with Crippen molar-refractivity contribution in [2.24, 2.45) is 11.8 Å². The van der Waals surface area contributed by atoms with Crippen molar-refractivity contribution in [2.45, 2.75) is 45.2 Å². The van der Waals surface area contributed by atoms with Crippen LogP contribution < -0.4 is 0 Å². The van der Waals surface area contributed by atoms with Crippen LogP contribution in [0.3, 0.4) is 0 Å². The molecule has 0 heterocycles. The van der Waals surface area contributed by atoms with E-state index >= 15 is 0 Å². The molecule has 0 saturated heterocycles. The Morgan fingerprint density at radius 2 is 2.00 bits per heavy atom. The summed E-state index contributed by atoms with van der Waals surface area (Å²) in [5.74, 6) is 1.92. The zero-order valence-corrected chi connectivity index (χ0v) is 8.29. The van der Waals surface area contributed by atoms with E-state index in [4.69, 9.17) is 0 Å². The first-order valence-corrected chi connectivity index (χ1v) is 5.12. The van der Waals surface area contributed by atoms with E-state index in [0.29, 0.717) is 0 Å². The van der Waals surface area contributed by atoms with Gasteiger partial charge in [0.15, 0.2) is 0 Å². The molecule has 0 amide bonds. The summed E-state index contributed by atoms with van der Waals surface area (Å²) in [5, 5.41) is 0. The van der Waals surface area contributed by atoms with Gasteiger partial charge < -0.3 is 0 Å². The van der Waals surface area contributed by atoms with Gasteiger partial charge in [0, 0.05) is 0 Å². The van der Waals surface area contributed by atoms with Gasteiger partial charge in [-0.25, -0.2) is 0 Å². The highest BCUT2D eigenvalue weighted by molar-refractivity contribution is 7.17. The minimum absolute atomic E-state index is 0.906. The van der Waals surface area contributed by atoms with Gasteiger partial charge in [-0.05, 0) is 30.3 Å². The Bertz CT molecular complexity index is 98.9. The minimum atomic E-state index is 0.906. The summed E-state index contributed by atoms with van der Waals surface area (Å²) in [7, 11) is 2.97. The lowest BCUT2D eigenvalue weighted by Gasteiger charge is -2.29. The average Bonchev–Trinajstić information content (AvgIpc) is 1.88. The smallest absolute Gasteiger partial charge is 0.0261 e. The third-order valence-corrected chi connectivity index (χ3v) is 3.30. The highest BCUT2D eigenvalue weighted by Crippen LogP contribution is 2.33. The van der Waals surface area contributed by atoms with Crippen LogP contribution in [0.1, 0.15) is 39.5 Å². The maximum atomic E-state index is 2.97. The van der Waals surface area contributed by atoms with Crippen LogP contribution in [0.15, 0.2) is 0 Å². The fourth-order valence-corrected chi connectivity index (χ4v) is 2.46. The molecule has 1 saturated carbocycles. The van der Waals surface area contributed by atoms with Gasteiger partial charge >= 0.3 is 0 Å². The zero-order chi connectivity index (χ0) is 7.56. The maximum absolute atomic E-state index is 2.97. The van der Waals surface area contributed by atoms with E-state index in [1.54, 1.807) is 0 Å². The van der Waals surface area contributed by atoms with Crippen molar-refractivity contribution in [1.82, 2.24) is 0 Å². The molecule has 0 nitrogen and oxygen atoms in total. The van der Waals surface area contributed by atoms with Crippen molar-refractivity contribution in [3.63, 3.8) is 0 Å². The second-order valence-corrected chi connectivity index (χ2v) is 4.87. The van der Waals surface area contributed by atoms with Crippen LogP contribution >= 0.6 is 9.24 Å². The molecule has 3 atom stereocenters. The molecular weight excluding hydrogens is 139 g/mol. The highest BCUT2D eigenvalue weighted by atomic mass is 31.0. The van der Waals surface area contributed by atoms with Crippen molar-refractivity contribution < 1.29 is 0 Å². The fraction of sp³-hybridized carbons (Fsp3) is 1.00. The molecular formula is C9H19P. The van der Waals surface area contributed by atoms with Gasteiger partial charge in [0.1, 0.15) is 0 Å². The van der Waals surface area contributed by atoms with E-state index in [0.717, 1.165) is 17.5 Å². The average molecular weight is 158 g/mol. The summed E-state index contributed by atoms with van der Waals surface area (Å²) in [6, 6.07) is 0. The van der Waals surface area contributed by atoms with Crippen molar-refractivity contribution in [1.29, 1.82) is 0 Å². The van der Waals surface area contributed by atoms with Crippen molar-refractivity contribution >= 4 is 9.24 Å². The van der Waals surface area contributed by atoms with Crippen LogP contribution in [0.2, 0.25) is 0 Å². The first-order chi connectivity index (χ1) is 4.70. The van der Waals surface area contributed by atoms with Gasteiger partial charge in [-0.2, -0.15) is 0 Å². The van der Waals surface area contributed by atoms with Gasteiger partial charge in [-0.15, -0.1) is 9.24 Å². The lowest BCUT2D eigenvalue weighted by atomic mass is 9.81. The van der Waals surface area contributed by atoms with Crippen LogP contribution in [0.25, 0.3) is 0 Å². The van der Waals surface area contributed by atoms with E-state index in [9.17, 15) is 0 Å². The van der Waals surface area contributed by atoms with E-state index in [1.165, 1.54) is 25.7 Å². The second-order valence-electron chi connectivity index (χ2n) is 3.93. The molecule has 0 aliphatic heterocycles. The molecule has 1 rings (SSSR count). The van der Waals surface area contributed by atoms with Crippen LogP contribution in [-0.4, -0.2) is 5.66 Å². The maximum Gasteiger partial charge on any atom is -0.0261 e. The van der Waals surface area contributed by atoms with E-state index in [1.807, 2.05) is 0 Å². The SMILES string of the molecule is CC(C)C1CCCC(P)C1. The number of rotatable bonds is 1. The number of hydrogen-bond donors (Lipinski definition) is 0. The molecule has 0 aromatic carbocycles. The Balaban J connectivity index is 2.32. The topological polar surface area (TPSA) is 0 Å². The Morgan fingerprint density at radius 1 is 1.30 bits per heavy atom. The Labute approximate surface area is 67.0 Å². The van der Waals surface area contributed by atoms with Gasteiger partial charge in [0.05, 0.1) is 0 Å². The molecule has 10 heavy (non-hydrogen) atoms. The largest absolute Gasteiger partial charge is 0.134 e. The number of hydrogen-bond acceptors (Lipinski definition) is 0. The zero-order valence-electron chi connectivity index (χ0n) is 7.14. The summed E-state index contributed by atoms with van der Waals surface area (Å²) >= 11 is 0. The third-order valence-electron chi connectivity index (χ3n) is 2.70. The van der Waals surface area contributed by atoms with E-state index in [-0.39, 0.29) is 0 Å². The summed E-state index contributed by atoms with van der Waals surface area (Å²) in [6.45, 7) is 4.71. The Morgan fingerprint density at radius 3 is 2.40 bits per heavy atom. The van der Waals surface area contributed by atoms with E-state index in [2.05, 4.69) is 23.1 Å². The quantitative estimate of drug-likeness (QED) is 0.514. The minimum Gasteiger partial charge on any atom is -0.134 e. The molecule has 60 valence electrons. The normalized spacial score (nSPS) is 34.8. The van der Waals surface area contributed by atoms with Crippen molar-refractivity contribution in [3.8, 4) is 0 Å². The van der Waals surface area contributed by atoms with Crippen LogP contribution in [0, 0.1) is 11.8 Å². The molecule has 0 N–H and O–H groups in total. The molecule has 0 bridgehead atoms. The lowest BCUT2D eigenvalue weighted by Crippen LogP contribution is -2.19. The highest BCUT2D eigenvalue weighted by Gasteiger charge is 2.20. The first kappa shape index (κ1) is 8.53. The molecule has 1 fully saturated rings. The molecule has 0 aromatic heterocycles. The molecule has 0 aromatic rings. The summed E-state index contributed by atoms with van der Waals surface area (Å²) in [5.41, 5.74) is 0.918. The molecule has 3 unspecified atom stereocenters. The predicted molar refractivity (Wildman–Crippen MR) is 50.3 cm³/mol. The Kier molecular flexibility index (Phi) is 3.17. The van der Waals surface area contributed by atoms with Gasteiger partial charge in [-0.1, -0.05) is 26.7 Å². The summed E-state index contributed by atoms with van der Waals surface area (Å²) < 4.78 is 0. The van der Waals surface area contributed by atoms with Gasteiger partial charge in [0.25, 0.3) is 0 Å². The second kappa shape index (κ2) is 3.72. The third kappa shape index (κ3) is 2.23. The summed E-state index contributed by atoms with van der Waals surface area (Å²) in [4.78, 5) is 0. The molecule has 1 aliphatic carbocycles. The Hall–Kier alpha value is 0.430. The van der Waals surface area contributed by atoms with Crippen LogP contribution in [-0.2, 0) is 0 Å². The molecule has 1 heteroatoms.